The molecule has 1 aliphatic rings. The number of carbonyl (C=O) groups excluding carboxylic acids is 2. The van der Waals surface area contributed by atoms with Crippen molar-refractivity contribution >= 4 is 11.7 Å². The Balaban J connectivity index is 1.98. The highest BCUT2D eigenvalue weighted by molar-refractivity contribution is 5.98. The number of benzene rings is 1. The van der Waals surface area contributed by atoms with E-state index in [-0.39, 0.29) is 31.4 Å². The van der Waals surface area contributed by atoms with Gasteiger partial charge in [0.2, 0.25) is 5.91 Å². The molecule has 0 atom stereocenters. The number of ketones is 1. The van der Waals surface area contributed by atoms with E-state index < -0.39 is 0 Å². The maximum absolute atomic E-state index is 12.1. The third kappa shape index (κ3) is 4.29. The van der Waals surface area contributed by atoms with Crippen molar-refractivity contribution in [1.29, 1.82) is 0 Å². The molecule has 0 spiro atoms. The molecule has 0 saturated carbocycles. The molecule has 1 heterocycles. The van der Waals surface area contributed by atoms with Crippen molar-refractivity contribution in [2.75, 3.05) is 19.7 Å². The lowest BCUT2D eigenvalue weighted by molar-refractivity contribution is -0.117. The SMILES string of the molecule is O=C(NCCO)C1=CN(CC(=O)c2ccccc2)C=CC1. The third-order valence-electron chi connectivity index (χ3n) is 3.07. The minimum absolute atomic E-state index is 0.00600. The van der Waals surface area contributed by atoms with Crippen LogP contribution in [0.5, 0.6) is 0 Å². The summed E-state index contributed by atoms with van der Waals surface area (Å²) >= 11 is 0. The summed E-state index contributed by atoms with van der Waals surface area (Å²) < 4.78 is 0. The number of amides is 1. The van der Waals surface area contributed by atoms with Crippen LogP contribution in [0.25, 0.3) is 0 Å². The molecule has 5 heteroatoms. The van der Waals surface area contributed by atoms with E-state index in [4.69, 9.17) is 5.11 Å². The molecule has 5 nitrogen and oxygen atoms in total. The Morgan fingerprint density at radius 1 is 1.24 bits per heavy atom. The van der Waals surface area contributed by atoms with E-state index in [9.17, 15) is 9.59 Å². The van der Waals surface area contributed by atoms with Gasteiger partial charge in [-0.3, -0.25) is 9.59 Å². The molecule has 1 aliphatic heterocycles. The summed E-state index contributed by atoms with van der Waals surface area (Å²) in [6, 6.07) is 9.05. The maximum Gasteiger partial charge on any atom is 0.249 e. The van der Waals surface area contributed by atoms with Gasteiger partial charge in [0.1, 0.15) is 0 Å². The summed E-state index contributed by atoms with van der Waals surface area (Å²) in [7, 11) is 0. The van der Waals surface area contributed by atoms with Crippen LogP contribution in [-0.4, -0.2) is 41.4 Å². The van der Waals surface area contributed by atoms with E-state index >= 15 is 0 Å². The number of nitrogens with zero attached hydrogens (tertiary/aromatic N) is 1. The molecule has 0 bridgehead atoms. The van der Waals surface area contributed by atoms with E-state index in [1.165, 1.54) is 0 Å². The normalized spacial score (nSPS) is 13.8. The van der Waals surface area contributed by atoms with Crippen LogP contribution in [0.1, 0.15) is 16.8 Å². The van der Waals surface area contributed by atoms with Crippen molar-refractivity contribution in [3.8, 4) is 0 Å². The summed E-state index contributed by atoms with van der Waals surface area (Å²) in [6.45, 7) is 0.325. The van der Waals surface area contributed by atoms with Crippen LogP contribution in [0.15, 0.2) is 54.4 Å². The average Bonchev–Trinajstić information content (AvgIpc) is 2.53. The predicted molar refractivity (Wildman–Crippen MR) is 79.4 cm³/mol. The number of hydrogen-bond donors (Lipinski definition) is 2. The molecule has 0 aliphatic carbocycles. The molecule has 0 radical (unpaired) electrons. The summed E-state index contributed by atoms with van der Waals surface area (Å²) in [5.74, 6) is -0.223. The minimum atomic E-state index is -0.217. The van der Waals surface area contributed by atoms with Gasteiger partial charge in [-0.05, 0) is 6.42 Å². The number of nitrogens with one attached hydrogen (secondary N) is 1. The first-order chi connectivity index (χ1) is 10.2. The highest BCUT2D eigenvalue weighted by Crippen LogP contribution is 2.13. The number of rotatable bonds is 6. The van der Waals surface area contributed by atoms with Crippen LogP contribution in [0.2, 0.25) is 0 Å². The fraction of sp³-hybridized carbons (Fsp3) is 0.250. The Kier molecular flexibility index (Phi) is 5.29. The van der Waals surface area contributed by atoms with E-state index in [1.54, 1.807) is 29.4 Å². The zero-order valence-electron chi connectivity index (χ0n) is 11.7. The van der Waals surface area contributed by atoms with Gasteiger partial charge in [-0.2, -0.15) is 0 Å². The van der Waals surface area contributed by atoms with Gasteiger partial charge in [-0.25, -0.2) is 0 Å². The lowest BCUT2D eigenvalue weighted by atomic mass is 10.1. The minimum Gasteiger partial charge on any atom is -0.395 e. The molecule has 1 aromatic rings. The van der Waals surface area contributed by atoms with Crippen LogP contribution in [-0.2, 0) is 4.79 Å². The van der Waals surface area contributed by atoms with Gasteiger partial charge in [0.05, 0.1) is 13.2 Å². The summed E-state index contributed by atoms with van der Waals surface area (Å²) in [5.41, 5.74) is 1.22. The Labute approximate surface area is 123 Å². The number of Topliss-reactive ketones (excluding diaryl/α,β-unsaturated/α-hetero) is 1. The Bertz CT molecular complexity index is 564. The second-order valence-electron chi connectivity index (χ2n) is 4.68. The monoisotopic (exact) mass is 286 g/mol. The van der Waals surface area contributed by atoms with E-state index in [1.807, 2.05) is 24.3 Å². The van der Waals surface area contributed by atoms with E-state index in [0.29, 0.717) is 17.6 Å². The van der Waals surface area contributed by atoms with Gasteiger partial charge in [0.15, 0.2) is 5.78 Å². The Morgan fingerprint density at radius 2 is 2.00 bits per heavy atom. The second-order valence-corrected chi connectivity index (χ2v) is 4.68. The van der Waals surface area contributed by atoms with Crippen LogP contribution >= 0.6 is 0 Å². The summed E-state index contributed by atoms with van der Waals surface area (Å²) in [4.78, 5) is 25.6. The first kappa shape index (κ1) is 15.0. The predicted octanol–water partition coefficient (Wildman–Crippen LogP) is 1.08. The Morgan fingerprint density at radius 3 is 2.71 bits per heavy atom. The molecule has 0 unspecified atom stereocenters. The molecule has 0 fully saturated rings. The number of hydrogen-bond acceptors (Lipinski definition) is 4. The van der Waals surface area contributed by atoms with Crippen molar-refractivity contribution in [1.82, 2.24) is 10.2 Å². The van der Waals surface area contributed by atoms with Crippen molar-refractivity contribution < 1.29 is 14.7 Å². The van der Waals surface area contributed by atoms with Crippen LogP contribution in [0.3, 0.4) is 0 Å². The fourth-order valence-corrected chi connectivity index (χ4v) is 2.02. The molecule has 0 saturated heterocycles. The first-order valence-corrected chi connectivity index (χ1v) is 6.81. The number of aliphatic hydroxyl groups excluding tert-OH is 1. The lowest BCUT2D eigenvalue weighted by Gasteiger charge is -2.20. The largest absolute Gasteiger partial charge is 0.395 e. The van der Waals surface area contributed by atoms with Gasteiger partial charge < -0.3 is 15.3 Å². The van der Waals surface area contributed by atoms with Crippen LogP contribution in [0, 0.1) is 0 Å². The molecule has 21 heavy (non-hydrogen) atoms. The standard InChI is InChI=1S/C16H18N2O3/c19-10-8-17-16(21)14-7-4-9-18(11-14)12-15(20)13-5-2-1-3-6-13/h1-6,9,11,19H,7-8,10,12H2,(H,17,21). The van der Waals surface area contributed by atoms with Gasteiger partial charge in [0, 0.05) is 30.1 Å². The highest BCUT2D eigenvalue weighted by Gasteiger charge is 2.15. The topological polar surface area (TPSA) is 69.6 Å². The van der Waals surface area contributed by atoms with E-state index in [0.717, 1.165) is 0 Å². The maximum atomic E-state index is 12.1. The zero-order valence-corrected chi connectivity index (χ0v) is 11.7. The average molecular weight is 286 g/mol. The number of carbonyl (C=O) groups is 2. The molecule has 1 aromatic carbocycles. The number of aliphatic hydroxyl groups is 1. The fourth-order valence-electron chi connectivity index (χ4n) is 2.02. The zero-order chi connectivity index (χ0) is 15.1. The van der Waals surface area contributed by atoms with Gasteiger partial charge >= 0.3 is 0 Å². The molecular weight excluding hydrogens is 268 g/mol. The molecule has 2 rings (SSSR count). The summed E-state index contributed by atoms with van der Waals surface area (Å²) in [6.07, 6.45) is 5.83. The third-order valence-corrected chi connectivity index (χ3v) is 3.07. The second kappa shape index (κ2) is 7.40. The van der Waals surface area contributed by atoms with Gasteiger partial charge in [-0.15, -0.1) is 0 Å². The number of allylic oxidation sites excluding steroid dienone is 1. The molecule has 0 aromatic heterocycles. The van der Waals surface area contributed by atoms with E-state index in [2.05, 4.69) is 5.32 Å². The van der Waals surface area contributed by atoms with Crippen molar-refractivity contribution in [2.24, 2.45) is 0 Å². The highest BCUT2D eigenvalue weighted by atomic mass is 16.3. The molecular formula is C16H18N2O3. The van der Waals surface area contributed by atoms with Crippen molar-refractivity contribution in [3.63, 3.8) is 0 Å². The lowest BCUT2D eigenvalue weighted by Crippen LogP contribution is -2.30. The first-order valence-electron chi connectivity index (χ1n) is 6.81. The quantitative estimate of drug-likeness (QED) is 0.768. The Hall–Kier alpha value is -2.40. The van der Waals surface area contributed by atoms with Crippen molar-refractivity contribution in [3.05, 3.63) is 59.9 Å². The van der Waals surface area contributed by atoms with Crippen LogP contribution < -0.4 is 5.32 Å². The van der Waals surface area contributed by atoms with Crippen molar-refractivity contribution in [2.45, 2.75) is 6.42 Å². The molecule has 1 amide bonds. The molecule has 110 valence electrons. The summed E-state index contributed by atoms with van der Waals surface area (Å²) in [5, 5.41) is 11.3. The van der Waals surface area contributed by atoms with Gasteiger partial charge in [-0.1, -0.05) is 36.4 Å². The molecule has 2 N–H and O–H groups in total. The van der Waals surface area contributed by atoms with Crippen LogP contribution in [0.4, 0.5) is 0 Å². The smallest absolute Gasteiger partial charge is 0.249 e. The van der Waals surface area contributed by atoms with Gasteiger partial charge in [0.25, 0.3) is 0 Å².